The predicted octanol–water partition coefficient (Wildman–Crippen LogP) is 1.73. The number of nitrogens with zero attached hydrogens (tertiary/aromatic N) is 1. The molecule has 1 heterocycles. The number of hydrogen-bond donors (Lipinski definition) is 0. The van der Waals surface area contributed by atoms with Gasteiger partial charge in [-0.05, 0) is 17.7 Å². The van der Waals surface area contributed by atoms with E-state index in [1.807, 2.05) is 6.07 Å². The van der Waals surface area contributed by atoms with Crippen molar-refractivity contribution in [2.75, 3.05) is 0 Å². The lowest BCUT2D eigenvalue weighted by Gasteiger charge is -1.98. The van der Waals surface area contributed by atoms with Gasteiger partial charge in [-0.15, -0.1) is 0 Å². The van der Waals surface area contributed by atoms with E-state index in [9.17, 15) is 8.42 Å². The fraction of sp³-hybridized carbons (Fsp3) is 0.100. The van der Waals surface area contributed by atoms with Gasteiger partial charge in [0.15, 0.2) is 0 Å². The van der Waals surface area contributed by atoms with E-state index >= 15 is 0 Å². The monoisotopic (exact) mass is 205 g/mol. The third-order valence-corrected chi connectivity index (χ3v) is 4.03. The van der Waals surface area contributed by atoms with E-state index in [0.717, 1.165) is 0 Å². The number of allylic oxidation sites excluding steroid dienone is 1. The summed E-state index contributed by atoms with van der Waals surface area (Å²) in [5, 5.41) is 8.48. The van der Waals surface area contributed by atoms with Crippen LogP contribution in [-0.2, 0) is 9.84 Å². The van der Waals surface area contributed by atoms with Crippen LogP contribution in [0.5, 0.6) is 0 Å². The van der Waals surface area contributed by atoms with Gasteiger partial charge in [-0.3, -0.25) is 0 Å². The van der Waals surface area contributed by atoms with E-state index < -0.39 is 9.84 Å². The number of rotatable bonds is 1. The molecule has 1 aromatic rings. The molecule has 0 amide bonds. The van der Waals surface area contributed by atoms with Gasteiger partial charge in [0.1, 0.15) is 0 Å². The van der Waals surface area contributed by atoms with Crippen LogP contribution in [0.2, 0.25) is 0 Å². The van der Waals surface area contributed by atoms with Gasteiger partial charge in [-0.1, -0.05) is 18.2 Å². The third-order valence-electron chi connectivity index (χ3n) is 2.12. The standard InChI is InChI=1S/C10H7NO2S/c11-6-5-9-7-8-3-1-2-4-10(8)14(9,12)13/h1-4,7H,5H2. The Morgan fingerprint density at radius 3 is 2.64 bits per heavy atom. The lowest BCUT2D eigenvalue weighted by Crippen LogP contribution is -1.99. The van der Waals surface area contributed by atoms with E-state index in [1.165, 1.54) is 0 Å². The van der Waals surface area contributed by atoms with Gasteiger partial charge in [0.25, 0.3) is 0 Å². The van der Waals surface area contributed by atoms with Crippen molar-refractivity contribution >= 4 is 15.9 Å². The van der Waals surface area contributed by atoms with Crippen LogP contribution in [0.25, 0.3) is 6.08 Å². The van der Waals surface area contributed by atoms with Crippen LogP contribution in [-0.4, -0.2) is 8.42 Å². The molecule has 4 heteroatoms. The third kappa shape index (κ3) is 1.14. The Hall–Kier alpha value is -1.60. The lowest BCUT2D eigenvalue weighted by atomic mass is 10.2. The number of fused-ring (bicyclic) bond motifs is 1. The fourth-order valence-corrected chi connectivity index (χ4v) is 2.97. The molecule has 0 N–H and O–H groups in total. The molecule has 0 radical (unpaired) electrons. The number of benzene rings is 1. The van der Waals surface area contributed by atoms with E-state index in [-0.39, 0.29) is 11.3 Å². The van der Waals surface area contributed by atoms with Crippen LogP contribution in [0.15, 0.2) is 34.1 Å². The normalized spacial score (nSPS) is 16.9. The molecule has 0 saturated carbocycles. The van der Waals surface area contributed by atoms with Gasteiger partial charge >= 0.3 is 0 Å². The number of hydrogen-bond acceptors (Lipinski definition) is 3. The maximum absolute atomic E-state index is 11.8. The lowest BCUT2D eigenvalue weighted by molar-refractivity contribution is 0.602. The molecule has 70 valence electrons. The van der Waals surface area contributed by atoms with Gasteiger partial charge in [-0.2, -0.15) is 5.26 Å². The largest absolute Gasteiger partial charge is 0.219 e. The Balaban J connectivity index is 2.64. The van der Waals surface area contributed by atoms with Crippen molar-refractivity contribution < 1.29 is 8.42 Å². The second-order valence-corrected chi connectivity index (χ2v) is 4.96. The van der Waals surface area contributed by atoms with Crippen molar-refractivity contribution in [2.45, 2.75) is 11.3 Å². The van der Waals surface area contributed by atoms with E-state index in [2.05, 4.69) is 0 Å². The summed E-state index contributed by atoms with van der Waals surface area (Å²) in [4.78, 5) is 0.506. The Bertz CT molecular complexity index is 550. The molecular weight excluding hydrogens is 198 g/mol. The minimum absolute atomic E-state index is 0.0585. The van der Waals surface area contributed by atoms with Crippen molar-refractivity contribution in [2.24, 2.45) is 0 Å². The SMILES string of the molecule is N#CCC1=Cc2ccccc2S1(=O)=O. The summed E-state index contributed by atoms with van der Waals surface area (Å²) >= 11 is 0. The maximum atomic E-state index is 11.8. The van der Waals surface area contributed by atoms with E-state index in [0.29, 0.717) is 10.5 Å². The van der Waals surface area contributed by atoms with Crippen LogP contribution >= 0.6 is 0 Å². The van der Waals surface area contributed by atoms with Crippen molar-refractivity contribution in [3.05, 3.63) is 34.7 Å². The van der Waals surface area contributed by atoms with Crippen LogP contribution < -0.4 is 0 Å². The van der Waals surface area contributed by atoms with Gasteiger partial charge in [0, 0.05) is 0 Å². The minimum atomic E-state index is -3.37. The Kier molecular flexibility index (Phi) is 1.90. The summed E-state index contributed by atoms with van der Waals surface area (Å²) < 4.78 is 23.5. The zero-order valence-electron chi connectivity index (χ0n) is 7.27. The van der Waals surface area contributed by atoms with Crippen molar-refractivity contribution in [1.29, 1.82) is 5.26 Å². The quantitative estimate of drug-likeness (QED) is 0.701. The molecule has 1 aromatic carbocycles. The molecule has 0 spiro atoms. The highest BCUT2D eigenvalue weighted by molar-refractivity contribution is 7.95. The Morgan fingerprint density at radius 2 is 2.00 bits per heavy atom. The van der Waals surface area contributed by atoms with Crippen LogP contribution in [0.4, 0.5) is 0 Å². The molecule has 0 aliphatic carbocycles. The first-order valence-corrected chi connectivity index (χ1v) is 5.56. The first kappa shape index (κ1) is 8.97. The highest BCUT2D eigenvalue weighted by Crippen LogP contribution is 2.33. The van der Waals surface area contributed by atoms with Crippen molar-refractivity contribution in [3.8, 4) is 6.07 Å². The molecule has 2 rings (SSSR count). The summed E-state index contributed by atoms with van der Waals surface area (Å²) in [7, 11) is -3.37. The average Bonchev–Trinajstić information content (AvgIpc) is 2.41. The van der Waals surface area contributed by atoms with E-state index in [1.54, 1.807) is 30.3 Å². The first-order valence-electron chi connectivity index (χ1n) is 4.08. The number of nitriles is 1. The molecule has 0 fully saturated rings. The van der Waals surface area contributed by atoms with Gasteiger partial charge in [0.2, 0.25) is 9.84 Å². The zero-order valence-corrected chi connectivity index (χ0v) is 8.08. The fourth-order valence-electron chi connectivity index (χ4n) is 1.46. The average molecular weight is 205 g/mol. The molecule has 1 aliphatic heterocycles. The summed E-state index contributed by atoms with van der Waals surface area (Å²) in [5.41, 5.74) is 0.678. The molecule has 3 nitrogen and oxygen atoms in total. The Labute approximate surface area is 82.2 Å². The molecule has 0 aromatic heterocycles. The second kappa shape index (κ2) is 2.96. The summed E-state index contributed by atoms with van der Waals surface area (Å²) in [6.07, 6.45) is 1.50. The molecule has 14 heavy (non-hydrogen) atoms. The van der Waals surface area contributed by atoms with Gasteiger partial charge < -0.3 is 0 Å². The highest BCUT2D eigenvalue weighted by Gasteiger charge is 2.28. The summed E-state index contributed by atoms with van der Waals surface area (Å²) in [6, 6.07) is 8.61. The van der Waals surface area contributed by atoms with Crippen LogP contribution in [0.1, 0.15) is 12.0 Å². The summed E-state index contributed by atoms with van der Waals surface area (Å²) in [5.74, 6) is 0. The zero-order chi connectivity index (χ0) is 10.2. The second-order valence-electron chi connectivity index (χ2n) is 2.99. The molecule has 0 atom stereocenters. The first-order chi connectivity index (χ1) is 6.66. The van der Waals surface area contributed by atoms with Gasteiger partial charge in [0.05, 0.1) is 22.3 Å². The summed E-state index contributed by atoms with van der Waals surface area (Å²) in [6.45, 7) is 0. The van der Waals surface area contributed by atoms with Crippen molar-refractivity contribution in [3.63, 3.8) is 0 Å². The maximum Gasteiger partial charge on any atom is 0.204 e. The van der Waals surface area contributed by atoms with Crippen LogP contribution in [0.3, 0.4) is 0 Å². The molecule has 0 bridgehead atoms. The predicted molar refractivity (Wildman–Crippen MR) is 51.8 cm³/mol. The molecule has 1 aliphatic rings. The molecule has 0 saturated heterocycles. The molecule has 0 unspecified atom stereocenters. The molecular formula is C10H7NO2S. The van der Waals surface area contributed by atoms with Gasteiger partial charge in [-0.25, -0.2) is 8.42 Å². The topological polar surface area (TPSA) is 57.9 Å². The van der Waals surface area contributed by atoms with E-state index in [4.69, 9.17) is 5.26 Å². The van der Waals surface area contributed by atoms with Crippen LogP contribution in [0, 0.1) is 11.3 Å². The Morgan fingerprint density at radius 1 is 1.29 bits per heavy atom. The minimum Gasteiger partial charge on any atom is -0.219 e. The highest BCUT2D eigenvalue weighted by atomic mass is 32.2. The number of sulfone groups is 1. The van der Waals surface area contributed by atoms with Crippen molar-refractivity contribution in [1.82, 2.24) is 0 Å². The smallest absolute Gasteiger partial charge is 0.204 e.